The molecule has 6 rings (SSSR count). The van der Waals surface area contributed by atoms with Gasteiger partial charge in [0, 0.05) is 23.2 Å². The molecule has 0 unspecified atom stereocenters. The normalized spacial score (nSPS) is 29.7. The van der Waals surface area contributed by atoms with Crippen molar-refractivity contribution in [3.8, 4) is 11.5 Å². The fourth-order valence-electron chi connectivity index (χ4n) is 6.95. The first-order chi connectivity index (χ1) is 15.0. The Balaban J connectivity index is 1.28. The fourth-order valence-corrected chi connectivity index (χ4v) is 7.07. The van der Waals surface area contributed by atoms with Gasteiger partial charge in [-0.2, -0.15) is 0 Å². The summed E-state index contributed by atoms with van der Waals surface area (Å²) in [6, 6.07) is 14.5. The van der Waals surface area contributed by atoms with E-state index in [1.165, 1.54) is 38.5 Å². The van der Waals surface area contributed by atoms with Crippen LogP contribution in [0.2, 0.25) is 5.02 Å². The highest BCUT2D eigenvalue weighted by molar-refractivity contribution is 6.30. The van der Waals surface area contributed by atoms with Crippen LogP contribution in [0, 0.1) is 23.2 Å². The summed E-state index contributed by atoms with van der Waals surface area (Å²) in [5.74, 6) is 4.56. The molecule has 0 aliphatic heterocycles. The Morgan fingerprint density at radius 3 is 2.26 bits per heavy atom. The van der Waals surface area contributed by atoms with Gasteiger partial charge in [-0.3, -0.25) is 0 Å². The Bertz CT molecular complexity index is 875. The third-order valence-electron chi connectivity index (χ3n) is 8.18. The van der Waals surface area contributed by atoms with E-state index in [0.717, 1.165) is 51.9 Å². The molecule has 4 saturated carbocycles. The number of benzene rings is 2. The number of methoxy groups -OCH3 is 1. The molecule has 0 heterocycles. The highest BCUT2D eigenvalue weighted by Gasteiger charge is 2.52. The van der Waals surface area contributed by atoms with Gasteiger partial charge in [0.1, 0.15) is 6.61 Å². The van der Waals surface area contributed by atoms with Gasteiger partial charge in [-0.1, -0.05) is 35.9 Å². The van der Waals surface area contributed by atoms with Gasteiger partial charge < -0.3 is 14.8 Å². The summed E-state index contributed by atoms with van der Waals surface area (Å²) in [6.07, 6.45) is 8.74. The molecule has 0 radical (unpaired) electrons. The molecular weight excluding hydrogens is 406 g/mol. The average molecular weight is 440 g/mol. The van der Waals surface area contributed by atoms with Crippen molar-refractivity contribution in [2.75, 3.05) is 7.11 Å². The van der Waals surface area contributed by atoms with Crippen molar-refractivity contribution in [3.05, 3.63) is 58.6 Å². The molecule has 4 bridgehead atoms. The molecule has 2 aromatic rings. The first-order valence-electron chi connectivity index (χ1n) is 11.8. The minimum Gasteiger partial charge on any atom is -0.493 e. The lowest BCUT2D eigenvalue weighted by molar-refractivity contribution is -0.0706. The lowest BCUT2D eigenvalue weighted by atomic mass is 9.48. The van der Waals surface area contributed by atoms with E-state index in [9.17, 15) is 0 Å². The zero-order valence-electron chi connectivity index (χ0n) is 18.7. The van der Waals surface area contributed by atoms with Gasteiger partial charge in [0.2, 0.25) is 0 Å². The summed E-state index contributed by atoms with van der Waals surface area (Å²) < 4.78 is 11.9. The molecule has 0 saturated heterocycles. The van der Waals surface area contributed by atoms with Crippen LogP contribution in [-0.2, 0) is 13.2 Å². The summed E-state index contributed by atoms with van der Waals surface area (Å²) in [4.78, 5) is 0. The molecule has 0 spiro atoms. The number of ether oxygens (including phenoxy) is 2. The van der Waals surface area contributed by atoms with Crippen LogP contribution < -0.4 is 14.8 Å². The number of para-hydroxylation sites is 1. The molecule has 31 heavy (non-hydrogen) atoms. The van der Waals surface area contributed by atoms with E-state index in [1.54, 1.807) is 7.11 Å². The molecule has 4 aliphatic rings. The standard InChI is InChI=1S/C27H34ClNO2/c1-18(27-13-20-10-21(14-27)12-22(11-20)15-27)29-16-23-4-3-5-25(30-2)26(23)31-17-19-6-8-24(28)9-7-19/h3-9,18,20-22,29H,10-17H2,1-2H3/t18-,20?,21?,22?,27?/m0/s1. The van der Waals surface area contributed by atoms with Crippen molar-refractivity contribution in [2.45, 2.75) is 64.6 Å². The van der Waals surface area contributed by atoms with E-state index in [-0.39, 0.29) is 0 Å². The molecule has 1 atom stereocenters. The van der Waals surface area contributed by atoms with Crippen molar-refractivity contribution in [1.29, 1.82) is 0 Å². The van der Waals surface area contributed by atoms with Crippen LogP contribution in [0.4, 0.5) is 0 Å². The zero-order valence-corrected chi connectivity index (χ0v) is 19.5. The molecule has 1 N–H and O–H groups in total. The monoisotopic (exact) mass is 439 g/mol. The highest BCUT2D eigenvalue weighted by Crippen LogP contribution is 2.61. The van der Waals surface area contributed by atoms with Crippen molar-refractivity contribution < 1.29 is 9.47 Å². The highest BCUT2D eigenvalue weighted by atomic mass is 35.5. The third kappa shape index (κ3) is 4.32. The summed E-state index contributed by atoms with van der Waals surface area (Å²) in [7, 11) is 1.71. The van der Waals surface area contributed by atoms with Gasteiger partial charge in [0.05, 0.1) is 7.11 Å². The predicted molar refractivity (Wildman–Crippen MR) is 126 cm³/mol. The van der Waals surface area contributed by atoms with Crippen LogP contribution >= 0.6 is 11.6 Å². The number of nitrogens with one attached hydrogen (secondary N) is 1. The smallest absolute Gasteiger partial charge is 0.166 e. The van der Waals surface area contributed by atoms with Crippen LogP contribution in [0.1, 0.15) is 56.6 Å². The average Bonchev–Trinajstić information content (AvgIpc) is 2.76. The SMILES string of the molecule is COc1cccc(CN[C@@H](C)C23CC4CC(CC(C4)C2)C3)c1OCc1ccc(Cl)cc1. The van der Waals surface area contributed by atoms with E-state index in [4.69, 9.17) is 21.1 Å². The molecule has 4 aliphatic carbocycles. The summed E-state index contributed by atoms with van der Waals surface area (Å²) in [5.41, 5.74) is 2.75. The van der Waals surface area contributed by atoms with Crippen molar-refractivity contribution in [1.82, 2.24) is 5.32 Å². The van der Waals surface area contributed by atoms with Gasteiger partial charge in [0.25, 0.3) is 0 Å². The lowest BCUT2D eigenvalue weighted by Crippen LogP contribution is -2.54. The second-order valence-electron chi connectivity index (χ2n) is 10.2. The molecule has 3 nitrogen and oxygen atoms in total. The maximum Gasteiger partial charge on any atom is 0.166 e. The molecule has 4 heteroatoms. The van der Waals surface area contributed by atoms with Gasteiger partial charge in [0.15, 0.2) is 11.5 Å². The summed E-state index contributed by atoms with van der Waals surface area (Å²) in [5, 5.41) is 4.64. The summed E-state index contributed by atoms with van der Waals surface area (Å²) in [6.45, 7) is 3.71. The second-order valence-corrected chi connectivity index (χ2v) is 10.7. The topological polar surface area (TPSA) is 30.5 Å². The first-order valence-corrected chi connectivity index (χ1v) is 12.2. The largest absolute Gasteiger partial charge is 0.493 e. The van der Waals surface area contributed by atoms with E-state index in [0.29, 0.717) is 18.1 Å². The second kappa shape index (κ2) is 8.67. The minimum atomic E-state index is 0.495. The molecule has 166 valence electrons. The van der Waals surface area contributed by atoms with Crippen LogP contribution in [0.3, 0.4) is 0 Å². The first kappa shape index (κ1) is 21.2. The molecule has 4 fully saturated rings. The molecular formula is C27H34ClNO2. The van der Waals surface area contributed by atoms with Crippen LogP contribution in [0.25, 0.3) is 0 Å². The van der Waals surface area contributed by atoms with E-state index in [2.05, 4.69) is 24.4 Å². The molecule has 0 aromatic heterocycles. The third-order valence-corrected chi connectivity index (χ3v) is 8.43. The Labute approximate surface area is 191 Å². The van der Waals surface area contributed by atoms with Gasteiger partial charge in [-0.05, 0) is 92.4 Å². The van der Waals surface area contributed by atoms with E-state index >= 15 is 0 Å². The Morgan fingerprint density at radius 2 is 1.65 bits per heavy atom. The maximum atomic E-state index is 6.26. The molecule has 2 aromatic carbocycles. The molecule has 0 amide bonds. The quantitative estimate of drug-likeness (QED) is 0.501. The Kier molecular flexibility index (Phi) is 5.92. The number of hydrogen-bond acceptors (Lipinski definition) is 3. The fraction of sp³-hybridized carbons (Fsp3) is 0.556. The van der Waals surface area contributed by atoms with E-state index < -0.39 is 0 Å². The van der Waals surface area contributed by atoms with Crippen LogP contribution in [0.15, 0.2) is 42.5 Å². The maximum absolute atomic E-state index is 6.26. The van der Waals surface area contributed by atoms with Gasteiger partial charge >= 0.3 is 0 Å². The minimum absolute atomic E-state index is 0.495. The van der Waals surface area contributed by atoms with Crippen LogP contribution in [-0.4, -0.2) is 13.2 Å². The Hall–Kier alpha value is -1.71. The van der Waals surface area contributed by atoms with E-state index in [1.807, 2.05) is 30.3 Å². The van der Waals surface area contributed by atoms with Gasteiger partial charge in [-0.15, -0.1) is 0 Å². The Morgan fingerprint density at radius 1 is 1.00 bits per heavy atom. The van der Waals surface area contributed by atoms with Crippen molar-refractivity contribution in [3.63, 3.8) is 0 Å². The number of halogens is 1. The van der Waals surface area contributed by atoms with Crippen molar-refractivity contribution in [2.24, 2.45) is 23.2 Å². The van der Waals surface area contributed by atoms with Gasteiger partial charge in [-0.25, -0.2) is 0 Å². The number of hydrogen-bond donors (Lipinski definition) is 1. The zero-order chi connectivity index (χ0) is 21.4. The van der Waals surface area contributed by atoms with Crippen LogP contribution in [0.5, 0.6) is 11.5 Å². The predicted octanol–water partition coefficient (Wildman–Crippen LogP) is 6.62. The van der Waals surface area contributed by atoms with Crippen molar-refractivity contribution >= 4 is 11.6 Å². The number of rotatable bonds is 8. The summed E-state index contributed by atoms with van der Waals surface area (Å²) >= 11 is 6.02. The lowest BCUT2D eigenvalue weighted by Gasteiger charge is -2.59.